The summed E-state index contributed by atoms with van der Waals surface area (Å²) in [7, 11) is 0.853. The molecular weight excluding hydrogens is 545 g/mol. The summed E-state index contributed by atoms with van der Waals surface area (Å²) in [6.07, 6.45) is 2.84. The molecule has 0 aromatic heterocycles. The predicted molar refractivity (Wildman–Crippen MR) is 169 cm³/mol. The van der Waals surface area contributed by atoms with E-state index in [4.69, 9.17) is 4.74 Å². The minimum atomic E-state index is -0.814. The Morgan fingerprint density at radius 1 is 0.837 bits per heavy atom. The summed E-state index contributed by atoms with van der Waals surface area (Å²) in [4.78, 5) is 54.0. The lowest BCUT2D eigenvalue weighted by Gasteiger charge is -2.27. The van der Waals surface area contributed by atoms with Crippen LogP contribution in [0.3, 0.4) is 0 Å². The molecule has 3 atom stereocenters. The molecule has 232 valence electrons. The number of hydrogen-bond acceptors (Lipinski definition) is 6. The van der Waals surface area contributed by atoms with Gasteiger partial charge in [-0.05, 0) is 30.4 Å². The minimum absolute atomic E-state index is 0.173. The van der Waals surface area contributed by atoms with E-state index in [1.165, 1.54) is 0 Å². The van der Waals surface area contributed by atoms with Crippen molar-refractivity contribution in [3.8, 4) is 0 Å². The van der Waals surface area contributed by atoms with Crippen molar-refractivity contribution in [2.75, 3.05) is 45.8 Å². The van der Waals surface area contributed by atoms with E-state index in [1.807, 2.05) is 65.6 Å². The summed E-state index contributed by atoms with van der Waals surface area (Å²) in [5.41, 5.74) is 1.96. The summed E-state index contributed by atoms with van der Waals surface area (Å²) < 4.78 is 5.35. The molecule has 0 spiro atoms. The fourth-order valence-electron chi connectivity index (χ4n) is 4.79. The predicted octanol–water partition coefficient (Wildman–Crippen LogP) is 1.01. The van der Waals surface area contributed by atoms with Crippen LogP contribution in [0.25, 0.3) is 0 Å². The van der Waals surface area contributed by atoms with Gasteiger partial charge in [0.05, 0.1) is 26.3 Å². The molecule has 1 saturated heterocycles. The Bertz CT molecular complexity index is 1150. The molecule has 3 rings (SSSR count). The number of amides is 4. The van der Waals surface area contributed by atoms with Gasteiger partial charge < -0.3 is 26.0 Å². The molecule has 1 aliphatic heterocycles. The molecule has 4 N–H and O–H groups in total. The van der Waals surface area contributed by atoms with Crippen LogP contribution in [-0.4, -0.2) is 93.7 Å². The Morgan fingerprint density at radius 3 is 2.09 bits per heavy atom. The maximum Gasteiger partial charge on any atom is 0.243 e. The zero-order valence-electron chi connectivity index (χ0n) is 25.5. The first-order chi connectivity index (χ1) is 20.8. The number of carbonyl (C=O) groups is 4. The van der Waals surface area contributed by atoms with E-state index in [-0.39, 0.29) is 24.9 Å². The van der Waals surface area contributed by atoms with Crippen molar-refractivity contribution in [2.45, 2.75) is 57.4 Å². The van der Waals surface area contributed by atoms with Crippen molar-refractivity contribution < 1.29 is 23.9 Å². The zero-order chi connectivity index (χ0) is 30.9. The first kappa shape index (κ1) is 33.8. The summed E-state index contributed by atoms with van der Waals surface area (Å²) in [6, 6.07) is 17.6. The third-order valence-electron chi connectivity index (χ3n) is 7.68. The van der Waals surface area contributed by atoms with Crippen LogP contribution < -0.4 is 21.3 Å². The van der Waals surface area contributed by atoms with Gasteiger partial charge in [0.1, 0.15) is 19.4 Å². The average molecular weight is 592 g/mol. The lowest BCUT2D eigenvalue weighted by atomic mass is 9.64. The van der Waals surface area contributed by atoms with Gasteiger partial charge in [0.2, 0.25) is 23.6 Å². The quantitative estimate of drug-likeness (QED) is 0.203. The van der Waals surface area contributed by atoms with Crippen molar-refractivity contribution in [1.29, 1.82) is 0 Å². The second-order valence-corrected chi connectivity index (χ2v) is 11.2. The second-order valence-electron chi connectivity index (χ2n) is 11.2. The number of morpholine rings is 1. The highest BCUT2D eigenvalue weighted by atomic mass is 16.5. The maximum absolute atomic E-state index is 13.2. The number of nitrogens with zero attached hydrogens (tertiary/aromatic N) is 1. The number of aryl methyl sites for hydroxylation is 1. The van der Waals surface area contributed by atoms with Crippen LogP contribution >= 0.6 is 0 Å². The van der Waals surface area contributed by atoms with E-state index in [0.717, 1.165) is 24.8 Å². The van der Waals surface area contributed by atoms with Crippen LogP contribution in [0.4, 0.5) is 0 Å². The molecule has 0 radical (unpaired) electrons. The van der Waals surface area contributed by atoms with Crippen LogP contribution in [0.2, 0.25) is 5.82 Å². The summed E-state index contributed by atoms with van der Waals surface area (Å²) in [5, 5.41) is 11.3. The average Bonchev–Trinajstić information content (AvgIpc) is 3.02. The molecule has 43 heavy (non-hydrogen) atoms. The molecule has 10 nitrogen and oxygen atoms in total. The van der Waals surface area contributed by atoms with E-state index in [9.17, 15) is 19.2 Å². The molecular formula is C32H46BN5O5. The molecule has 0 unspecified atom stereocenters. The Morgan fingerprint density at radius 2 is 1.44 bits per heavy atom. The van der Waals surface area contributed by atoms with E-state index in [2.05, 4.69) is 35.1 Å². The van der Waals surface area contributed by atoms with Crippen LogP contribution in [0.15, 0.2) is 60.7 Å². The molecule has 1 aliphatic rings. The van der Waals surface area contributed by atoms with Gasteiger partial charge in [0.15, 0.2) is 0 Å². The summed E-state index contributed by atoms with van der Waals surface area (Å²) in [6.45, 7) is 6.56. The van der Waals surface area contributed by atoms with Crippen LogP contribution in [0.5, 0.6) is 0 Å². The largest absolute Gasteiger partial charge is 0.379 e. The van der Waals surface area contributed by atoms with Gasteiger partial charge in [0, 0.05) is 19.5 Å². The number of rotatable bonds is 17. The molecule has 2 aromatic carbocycles. The van der Waals surface area contributed by atoms with Gasteiger partial charge in [-0.15, -0.1) is 0 Å². The molecule has 0 aliphatic carbocycles. The topological polar surface area (TPSA) is 129 Å². The normalized spacial score (nSPS) is 15.4. The van der Waals surface area contributed by atoms with Crippen molar-refractivity contribution >= 4 is 30.9 Å². The van der Waals surface area contributed by atoms with E-state index < -0.39 is 23.9 Å². The Kier molecular flexibility index (Phi) is 14.7. The number of nitrogens with one attached hydrogen (secondary N) is 4. The number of hydrogen-bond donors (Lipinski definition) is 4. The van der Waals surface area contributed by atoms with E-state index >= 15 is 0 Å². The molecule has 4 amide bonds. The molecule has 1 heterocycles. The van der Waals surface area contributed by atoms with E-state index in [0.29, 0.717) is 57.8 Å². The van der Waals surface area contributed by atoms with Crippen LogP contribution in [-0.2, 0) is 36.8 Å². The highest BCUT2D eigenvalue weighted by molar-refractivity contribution is 6.38. The van der Waals surface area contributed by atoms with Gasteiger partial charge in [0.25, 0.3) is 0 Å². The molecule has 0 saturated carbocycles. The van der Waals surface area contributed by atoms with Gasteiger partial charge in [-0.1, -0.05) is 86.7 Å². The van der Waals surface area contributed by atoms with Crippen molar-refractivity contribution in [3.63, 3.8) is 0 Å². The van der Waals surface area contributed by atoms with Gasteiger partial charge in [-0.3, -0.25) is 24.1 Å². The molecule has 2 aromatic rings. The number of carbonyl (C=O) groups excluding carboxylic acids is 4. The molecule has 0 bridgehead atoms. The van der Waals surface area contributed by atoms with Crippen molar-refractivity contribution in [1.82, 2.24) is 26.2 Å². The Hall–Kier alpha value is -3.70. The third-order valence-corrected chi connectivity index (χ3v) is 7.68. The van der Waals surface area contributed by atoms with Crippen LogP contribution in [0, 0.1) is 0 Å². The van der Waals surface area contributed by atoms with Gasteiger partial charge in [-0.2, -0.15) is 0 Å². The third kappa shape index (κ3) is 13.0. The van der Waals surface area contributed by atoms with Gasteiger partial charge >= 0.3 is 0 Å². The van der Waals surface area contributed by atoms with Crippen LogP contribution in [0.1, 0.15) is 37.8 Å². The highest BCUT2D eigenvalue weighted by Crippen LogP contribution is 2.08. The zero-order valence-corrected chi connectivity index (χ0v) is 25.5. The first-order valence-electron chi connectivity index (χ1n) is 15.4. The second kappa shape index (κ2) is 18.8. The minimum Gasteiger partial charge on any atom is -0.379 e. The van der Waals surface area contributed by atoms with Crippen molar-refractivity contribution in [3.05, 3.63) is 71.8 Å². The maximum atomic E-state index is 13.2. The Labute approximate surface area is 255 Å². The monoisotopic (exact) mass is 591 g/mol. The molecule has 11 heteroatoms. The number of ether oxygens (including phenoxy) is 1. The Balaban J connectivity index is 1.58. The van der Waals surface area contributed by atoms with E-state index in [1.54, 1.807) is 0 Å². The molecule has 1 fully saturated rings. The fourth-order valence-corrected chi connectivity index (χ4v) is 4.79. The summed E-state index contributed by atoms with van der Waals surface area (Å²) in [5.74, 6) is -0.951. The SMILES string of the molecule is CC[C@@H](C)BCNC(=O)[C@H](Cc1ccccc1)NC(=O)CNC(=O)[C@H](CCc1ccccc1)NC(=O)CN1CCOCC1. The van der Waals surface area contributed by atoms with Gasteiger partial charge in [-0.25, -0.2) is 0 Å². The summed E-state index contributed by atoms with van der Waals surface area (Å²) >= 11 is 0. The standard InChI is InChI=1S/C32H46BN5O5/c1-3-24(2)33-23-35-32(42)28(20-26-12-8-5-9-13-26)37-29(39)21-34-31(41)27(15-14-25-10-6-4-7-11-25)36-30(40)22-38-16-18-43-19-17-38/h4-13,24,27-28,33H,3,14-23H2,1-2H3,(H,34,41)(H,35,42)(H,36,40)(H,37,39)/t24-,27+,28+/m1/s1. The first-order valence-corrected chi connectivity index (χ1v) is 15.4. The van der Waals surface area contributed by atoms with Crippen molar-refractivity contribution in [2.24, 2.45) is 0 Å². The lowest BCUT2D eigenvalue weighted by molar-refractivity contribution is -0.132. The highest BCUT2D eigenvalue weighted by Gasteiger charge is 2.25. The smallest absolute Gasteiger partial charge is 0.243 e. The fraction of sp³-hybridized carbons (Fsp3) is 0.500. The number of benzene rings is 2. The lowest BCUT2D eigenvalue weighted by Crippen LogP contribution is -2.54.